The zero-order chi connectivity index (χ0) is 28.3. The zero-order valence-corrected chi connectivity index (χ0v) is 22.9. The average molecular weight is 574 g/mol. The fraction of sp³-hybridized carbons (Fsp3) is 0.222. The molecule has 0 aliphatic heterocycles. The third kappa shape index (κ3) is 9.10. The number of sulfonamides is 1. The predicted octanol–water partition coefficient (Wildman–Crippen LogP) is 4.18. The Kier molecular flexibility index (Phi) is 10.9. The van der Waals surface area contributed by atoms with E-state index in [2.05, 4.69) is 22.2 Å². The molecule has 12 heteroatoms. The van der Waals surface area contributed by atoms with Crippen LogP contribution in [0, 0.1) is 0 Å². The van der Waals surface area contributed by atoms with Crippen LogP contribution in [0.2, 0.25) is 5.02 Å². The molecule has 0 aromatic heterocycles. The van der Waals surface area contributed by atoms with E-state index in [-0.39, 0.29) is 16.4 Å². The van der Waals surface area contributed by atoms with Crippen LogP contribution in [0.5, 0.6) is 17.2 Å². The summed E-state index contributed by atoms with van der Waals surface area (Å²) in [6.07, 6.45) is 3.31. The van der Waals surface area contributed by atoms with Gasteiger partial charge in [-0.05, 0) is 78.7 Å². The highest BCUT2D eigenvalue weighted by Gasteiger charge is 2.16. The fourth-order valence-electron chi connectivity index (χ4n) is 3.11. The maximum atomic E-state index is 12.6. The van der Waals surface area contributed by atoms with Gasteiger partial charge in [0.2, 0.25) is 10.0 Å². The van der Waals surface area contributed by atoms with E-state index in [1.165, 1.54) is 43.7 Å². The molecule has 0 atom stereocenters. The van der Waals surface area contributed by atoms with Gasteiger partial charge in [0.15, 0.2) is 11.5 Å². The summed E-state index contributed by atoms with van der Waals surface area (Å²) >= 11 is 5.76. The topological polar surface area (TPSA) is 132 Å². The Labute approximate surface area is 232 Å². The largest absolute Gasteiger partial charge is 0.494 e. The van der Waals surface area contributed by atoms with Gasteiger partial charge in [-0.25, -0.2) is 23.4 Å². The maximum absolute atomic E-state index is 12.6. The number of esters is 1. The average Bonchev–Trinajstić information content (AvgIpc) is 2.93. The van der Waals surface area contributed by atoms with E-state index in [1.54, 1.807) is 36.4 Å². The van der Waals surface area contributed by atoms with Gasteiger partial charge in [-0.3, -0.25) is 4.79 Å². The van der Waals surface area contributed by atoms with Crippen LogP contribution in [0.1, 0.15) is 35.7 Å². The van der Waals surface area contributed by atoms with E-state index in [0.717, 1.165) is 12.8 Å². The van der Waals surface area contributed by atoms with Gasteiger partial charge >= 0.3 is 5.97 Å². The minimum Gasteiger partial charge on any atom is -0.494 e. The monoisotopic (exact) mass is 573 g/mol. The Bertz CT molecular complexity index is 1410. The first-order valence-electron chi connectivity index (χ1n) is 11.9. The van der Waals surface area contributed by atoms with E-state index in [1.807, 2.05) is 0 Å². The summed E-state index contributed by atoms with van der Waals surface area (Å²) in [4.78, 5) is 24.6. The second kappa shape index (κ2) is 14.3. The van der Waals surface area contributed by atoms with Gasteiger partial charge in [0.25, 0.3) is 5.91 Å². The number of carbonyl (C=O) groups is 2. The van der Waals surface area contributed by atoms with Gasteiger partial charge in [-0.15, -0.1) is 0 Å². The fourth-order valence-corrected chi connectivity index (χ4v) is 4.21. The summed E-state index contributed by atoms with van der Waals surface area (Å²) in [5.74, 6) is -0.101. The molecule has 0 bridgehead atoms. The first-order chi connectivity index (χ1) is 18.7. The Balaban J connectivity index is 1.53. The number of halogens is 1. The molecular weight excluding hydrogens is 546 g/mol. The maximum Gasteiger partial charge on any atom is 0.343 e. The van der Waals surface area contributed by atoms with Crippen LogP contribution in [0.3, 0.4) is 0 Å². The molecule has 0 saturated carbocycles. The summed E-state index contributed by atoms with van der Waals surface area (Å²) in [7, 11) is -2.46. The summed E-state index contributed by atoms with van der Waals surface area (Å²) in [5.41, 5.74) is 3.11. The van der Waals surface area contributed by atoms with Crippen LogP contribution in [0.15, 0.2) is 76.7 Å². The molecule has 0 aliphatic rings. The molecule has 2 N–H and O–H groups in total. The van der Waals surface area contributed by atoms with Crippen LogP contribution in [-0.4, -0.2) is 46.8 Å². The van der Waals surface area contributed by atoms with Crippen molar-refractivity contribution >= 4 is 39.7 Å². The number of hydrazone groups is 1. The number of nitrogens with one attached hydrogen (secondary N) is 2. The third-order valence-electron chi connectivity index (χ3n) is 5.20. The first-order valence-corrected chi connectivity index (χ1v) is 13.8. The quantitative estimate of drug-likeness (QED) is 0.103. The van der Waals surface area contributed by atoms with Crippen molar-refractivity contribution in [1.82, 2.24) is 10.1 Å². The van der Waals surface area contributed by atoms with Crippen LogP contribution >= 0.6 is 11.6 Å². The minimum atomic E-state index is -3.89. The normalized spacial score (nSPS) is 11.3. The lowest BCUT2D eigenvalue weighted by Gasteiger charge is -2.10. The number of amides is 1. The van der Waals surface area contributed by atoms with E-state index < -0.39 is 28.4 Å². The molecule has 0 saturated heterocycles. The third-order valence-corrected chi connectivity index (χ3v) is 6.87. The summed E-state index contributed by atoms with van der Waals surface area (Å²) in [6.45, 7) is 2.17. The van der Waals surface area contributed by atoms with Gasteiger partial charge in [0.05, 0.1) is 36.9 Å². The van der Waals surface area contributed by atoms with Crippen LogP contribution in [0.4, 0.5) is 0 Å². The second-order valence-electron chi connectivity index (χ2n) is 8.10. The number of unbranched alkanes of at least 4 members (excludes halogenated alkanes) is 1. The van der Waals surface area contributed by atoms with Crippen molar-refractivity contribution in [3.8, 4) is 17.2 Å². The van der Waals surface area contributed by atoms with Gasteiger partial charge in [0.1, 0.15) is 5.75 Å². The SMILES string of the molecule is CCCCOc1ccc(C(=O)Oc2ccc(/C=N\NC(=O)CNS(=O)(=O)c3ccc(Cl)cc3)cc2OC)cc1. The number of rotatable bonds is 13. The molecule has 0 spiro atoms. The smallest absolute Gasteiger partial charge is 0.343 e. The highest BCUT2D eigenvalue weighted by Crippen LogP contribution is 2.28. The molecule has 0 fully saturated rings. The molecule has 3 rings (SSSR count). The number of hydrogen-bond acceptors (Lipinski definition) is 8. The molecule has 206 valence electrons. The van der Waals surface area contributed by atoms with E-state index >= 15 is 0 Å². The minimum absolute atomic E-state index is 0.0236. The lowest BCUT2D eigenvalue weighted by atomic mass is 10.2. The van der Waals surface area contributed by atoms with Gasteiger partial charge in [-0.2, -0.15) is 5.10 Å². The number of carbonyl (C=O) groups excluding carboxylic acids is 2. The number of hydrogen-bond donors (Lipinski definition) is 2. The Hall–Kier alpha value is -3.93. The van der Waals surface area contributed by atoms with Crippen molar-refractivity contribution in [2.45, 2.75) is 24.7 Å². The summed E-state index contributed by atoms with van der Waals surface area (Å²) < 4.78 is 43.1. The lowest BCUT2D eigenvalue weighted by Crippen LogP contribution is -2.34. The van der Waals surface area contributed by atoms with Crippen molar-refractivity contribution < 1.29 is 32.2 Å². The zero-order valence-electron chi connectivity index (χ0n) is 21.3. The van der Waals surface area contributed by atoms with Crippen LogP contribution in [-0.2, 0) is 14.8 Å². The Morgan fingerprint density at radius 2 is 1.72 bits per heavy atom. The molecular formula is C27H28ClN3O7S. The van der Waals surface area contributed by atoms with E-state index in [9.17, 15) is 18.0 Å². The number of nitrogens with zero attached hydrogens (tertiary/aromatic N) is 1. The van der Waals surface area contributed by atoms with Gasteiger partial charge < -0.3 is 14.2 Å². The highest BCUT2D eigenvalue weighted by molar-refractivity contribution is 7.89. The van der Waals surface area contributed by atoms with Crippen molar-refractivity contribution in [2.75, 3.05) is 20.3 Å². The van der Waals surface area contributed by atoms with Crippen molar-refractivity contribution in [3.05, 3.63) is 82.9 Å². The van der Waals surface area contributed by atoms with Crippen molar-refractivity contribution in [1.29, 1.82) is 0 Å². The van der Waals surface area contributed by atoms with Crippen molar-refractivity contribution in [2.24, 2.45) is 5.10 Å². The van der Waals surface area contributed by atoms with Gasteiger partial charge in [0, 0.05) is 5.02 Å². The molecule has 0 radical (unpaired) electrons. The second-order valence-corrected chi connectivity index (χ2v) is 10.3. The molecule has 10 nitrogen and oxygen atoms in total. The molecule has 3 aromatic rings. The van der Waals surface area contributed by atoms with Crippen LogP contribution in [0.25, 0.3) is 0 Å². The number of ether oxygens (including phenoxy) is 3. The lowest BCUT2D eigenvalue weighted by molar-refractivity contribution is -0.119. The molecule has 0 aliphatic carbocycles. The summed E-state index contributed by atoms with van der Waals surface area (Å²) in [6, 6.07) is 16.9. The predicted molar refractivity (Wildman–Crippen MR) is 147 cm³/mol. The van der Waals surface area contributed by atoms with E-state index in [4.69, 9.17) is 25.8 Å². The van der Waals surface area contributed by atoms with Crippen molar-refractivity contribution in [3.63, 3.8) is 0 Å². The molecule has 3 aromatic carbocycles. The Morgan fingerprint density at radius 1 is 1.00 bits per heavy atom. The molecule has 0 unspecified atom stereocenters. The van der Waals surface area contributed by atoms with E-state index in [0.29, 0.717) is 28.5 Å². The number of methoxy groups -OCH3 is 1. The first kappa shape index (κ1) is 29.6. The molecule has 1 amide bonds. The Morgan fingerprint density at radius 3 is 2.38 bits per heavy atom. The van der Waals surface area contributed by atoms with Crippen LogP contribution < -0.4 is 24.4 Å². The highest BCUT2D eigenvalue weighted by atomic mass is 35.5. The molecule has 39 heavy (non-hydrogen) atoms. The number of benzene rings is 3. The van der Waals surface area contributed by atoms with Gasteiger partial charge in [-0.1, -0.05) is 24.9 Å². The standard InChI is InChI=1S/C27H28ClN3O7S/c1-3-4-15-37-22-10-6-20(7-11-22)27(33)38-24-14-5-19(16-25(24)36-2)17-29-31-26(32)18-30-39(34,35)23-12-8-21(28)9-13-23/h5-14,16-17,30H,3-4,15,18H2,1-2H3,(H,31,32)/b29-17-. The molecule has 0 heterocycles. The summed E-state index contributed by atoms with van der Waals surface area (Å²) in [5, 5.41) is 4.21.